The van der Waals surface area contributed by atoms with Gasteiger partial charge in [0.05, 0.1) is 10.4 Å². The fourth-order valence-corrected chi connectivity index (χ4v) is 2.36. The van der Waals surface area contributed by atoms with Crippen LogP contribution in [-0.2, 0) is 0 Å². The minimum atomic E-state index is -0.371. The van der Waals surface area contributed by atoms with Crippen LogP contribution in [0, 0.1) is 10.1 Å². The minimum absolute atomic E-state index is 0.121. The molecule has 2 aromatic rings. The van der Waals surface area contributed by atoms with Crippen LogP contribution in [0.25, 0.3) is 16.5 Å². The minimum Gasteiger partial charge on any atom is -0.360 e. The fraction of sp³-hybridized carbons (Fsp3) is 0.333. The zero-order valence-electron chi connectivity index (χ0n) is 11.8. The Labute approximate surface area is 117 Å². The van der Waals surface area contributed by atoms with E-state index in [9.17, 15) is 10.1 Å². The molecular weight excluding hydrogens is 254 g/mol. The van der Waals surface area contributed by atoms with Crippen molar-refractivity contribution in [1.29, 1.82) is 0 Å². The molecule has 1 aromatic carbocycles. The number of aromatic nitrogens is 1. The monoisotopic (exact) mass is 273 g/mol. The molecule has 0 amide bonds. The molecule has 20 heavy (non-hydrogen) atoms. The predicted molar refractivity (Wildman–Crippen MR) is 81.8 cm³/mol. The summed E-state index contributed by atoms with van der Waals surface area (Å²) < 4.78 is 0. The Hall–Kier alpha value is -2.14. The van der Waals surface area contributed by atoms with Crippen molar-refractivity contribution in [2.45, 2.75) is 20.3 Å². The summed E-state index contributed by atoms with van der Waals surface area (Å²) >= 11 is 0. The van der Waals surface area contributed by atoms with Crippen molar-refractivity contribution >= 4 is 22.2 Å². The summed E-state index contributed by atoms with van der Waals surface area (Å²) in [4.78, 5) is 13.5. The van der Waals surface area contributed by atoms with Gasteiger partial charge in [0.1, 0.15) is 0 Å². The summed E-state index contributed by atoms with van der Waals surface area (Å²) in [6.45, 7) is 5.86. The lowest BCUT2D eigenvalue weighted by atomic mass is 10.00. The van der Waals surface area contributed by atoms with Gasteiger partial charge in [-0.2, -0.15) is 0 Å². The highest BCUT2D eigenvalue weighted by atomic mass is 16.6. The van der Waals surface area contributed by atoms with Crippen LogP contribution in [0.3, 0.4) is 0 Å². The van der Waals surface area contributed by atoms with E-state index in [1.165, 1.54) is 5.57 Å². The first-order valence-electron chi connectivity index (χ1n) is 6.91. The van der Waals surface area contributed by atoms with Crippen LogP contribution in [0.15, 0.2) is 30.5 Å². The van der Waals surface area contributed by atoms with Gasteiger partial charge in [0.15, 0.2) is 0 Å². The number of H-pyrrole nitrogens is 1. The van der Waals surface area contributed by atoms with Crippen LogP contribution in [0.1, 0.15) is 25.8 Å². The maximum absolute atomic E-state index is 10.7. The van der Waals surface area contributed by atoms with Crippen molar-refractivity contribution in [1.82, 2.24) is 10.3 Å². The van der Waals surface area contributed by atoms with E-state index in [0.717, 1.165) is 36.0 Å². The van der Waals surface area contributed by atoms with Crippen molar-refractivity contribution in [2.75, 3.05) is 13.1 Å². The first-order valence-corrected chi connectivity index (χ1v) is 6.91. The lowest BCUT2D eigenvalue weighted by molar-refractivity contribution is -0.384. The van der Waals surface area contributed by atoms with Gasteiger partial charge in [0.25, 0.3) is 5.69 Å². The Balaban J connectivity index is 0.000000704. The Morgan fingerprint density at radius 2 is 2.10 bits per heavy atom. The molecule has 5 heteroatoms. The van der Waals surface area contributed by atoms with Gasteiger partial charge in [-0.15, -0.1) is 0 Å². The SMILES string of the molecule is CC.O=[N+]([O-])c1ccc2c(C3=CCNCC3)c[nH]c2c1. The summed E-state index contributed by atoms with van der Waals surface area (Å²) in [5.41, 5.74) is 3.39. The molecule has 0 atom stereocenters. The normalized spacial score (nSPS) is 14.4. The number of non-ortho nitro benzene ring substituents is 1. The number of nitro groups is 1. The molecule has 0 spiro atoms. The average molecular weight is 273 g/mol. The molecule has 1 aliphatic heterocycles. The Kier molecular flexibility index (Phi) is 4.53. The summed E-state index contributed by atoms with van der Waals surface area (Å²) in [5, 5.41) is 15.0. The van der Waals surface area contributed by atoms with E-state index >= 15 is 0 Å². The summed E-state index contributed by atoms with van der Waals surface area (Å²) in [7, 11) is 0. The molecule has 1 aromatic heterocycles. The number of nitrogens with one attached hydrogen (secondary N) is 2. The summed E-state index contributed by atoms with van der Waals surface area (Å²) in [6.07, 6.45) is 5.10. The van der Waals surface area contributed by atoms with Crippen LogP contribution >= 0.6 is 0 Å². The van der Waals surface area contributed by atoms with Gasteiger partial charge in [-0.25, -0.2) is 0 Å². The van der Waals surface area contributed by atoms with Crippen LogP contribution in [0.5, 0.6) is 0 Å². The van der Waals surface area contributed by atoms with E-state index in [1.54, 1.807) is 12.1 Å². The molecule has 0 unspecified atom stereocenters. The van der Waals surface area contributed by atoms with Crippen molar-refractivity contribution in [3.8, 4) is 0 Å². The van der Waals surface area contributed by atoms with Gasteiger partial charge >= 0.3 is 0 Å². The second-order valence-corrected chi connectivity index (χ2v) is 4.37. The van der Waals surface area contributed by atoms with Gasteiger partial charge in [0.2, 0.25) is 0 Å². The largest absolute Gasteiger partial charge is 0.360 e. The molecule has 2 heterocycles. The van der Waals surface area contributed by atoms with E-state index in [2.05, 4.69) is 16.4 Å². The number of hydrogen-bond donors (Lipinski definition) is 2. The van der Waals surface area contributed by atoms with Crippen molar-refractivity contribution in [3.05, 3.63) is 46.1 Å². The smallest absolute Gasteiger partial charge is 0.271 e. The highest BCUT2D eigenvalue weighted by Gasteiger charge is 2.13. The molecule has 1 aliphatic rings. The van der Waals surface area contributed by atoms with Crippen molar-refractivity contribution < 1.29 is 4.92 Å². The molecule has 0 radical (unpaired) electrons. The topological polar surface area (TPSA) is 71.0 Å². The quantitative estimate of drug-likeness (QED) is 0.650. The molecular formula is C15H19N3O2. The second-order valence-electron chi connectivity index (χ2n) is 4.37. The number of rotatable bonds is 2. The molecule has 0 saturated carbocycles. The molecule has 0 fully saturated rings. The number of fused-ring (bicyclic) bond motifs is 1. The molecule has 0 saturated heterocycles. The van der Waals surface area contributed by atoms with Crippen LogP contribution in [0.2, 0.25) is 0 Å². The van der Waals surface area contributed by atoms with Crippen molar-refractivity contribution in [3.63, 3.8) is 0 Å². The maximum Gasteiger partial charge on any atom is 0.271 e. The fourth-order valence-electron chi connectivity index (χ4n) is 2.36. The van der Waals surface area contributed by atoms with E-state index in [-0.39, 0.29) is 10.6 Å². The number of benzene rings is 1. The predicted octanol–water partition coefficient (Wildman–Crippen LogP) is 3.48. The van der Waals surface area contributed by atoms with Gasteiger partial charge in [-0.05, 0) is 24.6 Å². The molecule has 3 rings (SSSR count). The number of nitrogens with zero attached hydrogens (tertiary/aromatic N) is 1. The third-order valence-corrected chi connectivity index (χ3v) is 3.29. The van der Waals surface area contributed by atoms with Crippen LogP contribution in [-0.4, -0.2) is 23.0 Å². The Morgan fingerprint density at radius 3 is 2.75 bits per heavy atom. The average Bonchev–Trinajstić information content (AvgIpc) is 2.93. The van der Waals surface area contributed by atoms with E-state index in [4.69, 9.17) is 0 Å². The van der Waals surface area contributed by atoms with E-state index in [0.29, 0.717) is 0 Å². The van der Waals surface area contributed by atoms with Crippen LogP contribution in [0.4, 0.5) is 5.69 Å². The standard InChI is InChI=1S/C13H13N3O2.C2H6/c17-16(18)10-1-2-11-12(8-15-13(11)7-10)9-3-5-14-6-4-9;1-2/h1-3,7-8,14-15H,4-6H2;1-2H3. The first kappa shape index (κ1) is 14.3. The van der Waals surface area contributed by atoms with E-state index in [1.807, 2.05) is 26.1 Å². The molecule has 5 nitrogen and oxygen atoms in total. The Bertz CT molecular complexity index is 644. The number of aromatic amines is 1. The maximum atomic E-state index is 10.7. The lowest BCUT2D eigenvalue weighted by Crippen LogP contribution is -2.19. The number of hydrogen-bond acceptors (Lipinski definition) is 3. The highest BCUT2D eigenvalue weighted by Crippen LogP contribution is 2.29. The Morgan fingerprint density at radius 1 is 1.30 bits per heavy atom. The summed E-state index contributed by atoms with van der Waals surface area (Å²) in [6, 6.07) is 4.96. The second kappa shape index (κ2) is 6.34. The third kappa shape index (κ3) is 2.72. The van der Waals surface area contributed by atoms with Gasteiger partial charge in [-0.1, -0.05) is 19.9 Å². The van der Waals surface area contributed by atoms with Gasteiger partial charge in [-0.3, -0.25) is 10.1 Å². The van der Waals surface area contributed by atoms with E-state index < -0.39 is 0 Å². The molecule has 106 valence electrons. The van der Waals surface area contributed by atoms with Gasteiger partial charge in [0, 0.05) is 35.8 Å². The lowest BCUT2D eigenvalue weighted by Gasteiger charge is -2.13. The molecule has 2 N–H and O–H groups in total. The van der Waals surface area contributed by atoms with Crippen LogP contribution < -0.4 is 5.32 Å². The summed E-state index contributed by atoms with van der Waals surface area (Å²) in [5.74, 6) is 0. The zero-order chi connectivity index (χ0) is 14.5. The number of nitro benzene ring substituents is 1. The highest BCUT2D eigenvalue weighted by molar-refractivity contribution is 5.93. The van der Waals surface area contributed by atoms with Gasteiger partial charge < -0.3 is 10.3 Å². The first-order chi connectivity index (χ1) is 9.75. The molecule has 0 bridgehead atoms. The zero-order valence-corrected chi connectivity index (χ0v) is 11.8. The third-order valence-electron chi connectivity index (χ3n) is 3.29. The van der Waals surface area contributed by atoms with Crippen molar-refractivity contribution in [2.24, 2.45) is 0 Å². The molecule has 0 aliphatic carbocycles.